The number of benzene rings is 2. The van der Waals surface area contributed by atoms with Crippen LogP contribution in [0.2, 0.25) is 0 Å². The van der Waals surface area contributed by atoms with Crippen LogP contribution in [0.4, 0.5) is 11.4 Å². The lowest BCUT2D eigenvalue weighted by atomic mass is 10.1. The zero-order valence-corrected chi connectivity index (χ0v) is 17.0. The highest BCUT2D eigenvalue weighted by Gasteiger charge is 2.32. The summed E-state index contributed by atoms with van der Waals surface area (Å²) in [5.74, 6) is 0. The van der Waals surface area contributed by atoms with Gasteiger partial charge in [0, 0.05) is 11.1 Å². The number of quaternary nitrogens is 1. The lowest BCUT2D eigenvalue weighted by Gasteiger charge is -2.34. The van der Waals surface area contributed by atoms with Crippen LogP contribution in [0.15, 0.2) is 71.5 Å². The molecule has 1 fully saturated rings. The summed E-state index contributed by atoms with van der Waals surface area (Å²) in [6.45, 7) is 9.90. The molecule has 0 spiro atoms. The number of fused-ring (bicyclic) bond motifs is 1. The Labute approximate surface area is 174 Å². The third-order valence-electron chi connectivity index (χ3n) is 5.57. The molecule has 0 amide bonds. The molecule has 1 aliphatic rings. The minimum atomic E-state index is -0.600. The van der Waals surface area contributed by atoms with Crippen molar-refractivity contribution in [3.8, 4) is 5.69 Å². The number of nitrogens with zero attached hydrogens (tertiary/aromatic N) is 3. The quantitative estimate of drug-likeness (QED) is 0.401. The summed E-state index contributed by atoms with van der Waals surface area (Å²) in [7, 11) is 0. The Bertz CT molecular complexity index is 1160. The summed E-state index contributed by atoms with van der Waals surface area (Å²) in [6, 6.07) is 16.5. The molecule has 7 nitrogen and oxygen atoms in total. The lowest BCUT2D eigenvalue weighted by molar-refractivity contribution is -0.895. The van der Waals surface area contributed by atoms with Gasteiger partial charge < -0.3 is 9.80 Å². The molecule has 154 valence electrons. The van der Waals surface area contributed by atoms with E-state index in [1.54, 1.807) is 12.1 Å². The summed E-state index contributed by atoms with van der Waals surface area (Å²) in [5.41, 5.74) is 1.88. The molecular formula is C23H25N4O3+. The smallest absolute Gasteiger partial charge is 0.354 e. The van der Waals surface area contributed by atoms with Gasteiger partial charge in [-0.1, -0.05) is 43.0 Å². The summed E-state index contributed by atoms with van der Waals surface area (Å²) in [5, 5.41) is 12.8. The number of nitro groups is 1. The first-order valence-corrected chi connectivity index (χ1v) is 10.1. The van der Waals surface area contributed by atoms with Crippen LogP contribution in [0.5, 0.6) is 0 Å². The molecule has 1 N–H and O–H groups in total. The Kier molecular flexibility index (Phi) is 5.37. The number of aromatic nitrogens is 1. The first-order valence-electron chi connectivity index (χ1n) is 10.1. The molecule has 0 saturated carbocycles. The maximum absolute atomic E-state index is 13.4. The maximum Gasteiger partial charge on any atom is 0.358 e. The van der Waals surface area contributed by atoms with E-state index in [1.165, 1.54) is 9.47 Å². The molecule has 0 unspecified atom stereocenters. The molecule has 0 aliphatic carbocycles. The fraction of sp³-hybridized carbons (Fsp3) is 0.261. The van der Waals surface area contributed by atoms with Gasteiger partial charge in [-0.05, 0) is 30.7 Å². The van der Waals surface area contributed by atoms with Gasteiger partial charge >= 0.3 is 11.2 Å². The average molecular weight is 405 g/mol. The van der Waals surface area contributed by atoms with Crippen molar-refractivity contribution >= 4 is 22.3 Å². The molecule has 7 heteroatoms. The standard InChI is InChI=1S/C23H24N4O3/c1-17(2)16-24-12-14-25(15-13-24)21-19-10-6-7-11-20(19)26(18-8-4-3-5-9-18)23(28)22(21)27(29)30/h3-11H,1,12-16H2,2H3/p+1. The van der Waals surface area contributed by atoms with Crippen molar-refractivity contribution in [2.45, 2.75) is 6.92 Å². The minimum Gasteiger partial charge on any atom is -0.354 e. The molecule has 3 aromatic rings. The van der Waals surface area contributed by atoms with E-state index < -0.39 is 10.5 Å². The molecule has 0 atom stereocenters. The van der Waals surface area contributed by atoms with Gasteiger partial charge in [0.15, 0.2) is 0 Å². The van der Waals surface area contributed by atoms with Gasteiger partial charge in [0.2, 0.25) is 0 Å². The van der Waals surface area contributed by atoms with E-state index in [1.807, 2.05) is 54.3 Å². The number of para-hydroxylation sites is 2. The topological polar surface area (TPSA) is 72.8 Å². The van der Waals surface area contributed by atoms with Crippen LogP contribution >= 0.6 is 0 Å². The van der Waals surface area contributed by atoms with Gasteiger partial charge in [0.25, 0.3) is 0 Å². The highest BCUT2D eigenvalue weighted by atomic mass is 16.6. The van der Waals surface area contributed by atoms with Crippen LogP contribution in [0.3, 0.4) is 0 Å². The molecule has 0 bridgehead atoms. The van der Waals surface area contributed by atoms with E-state index in [0.29, 0.717) is 30.0 Å². The molecule has 1 saturated heterocycles. The minimum absolute atomic E-state index is 0.360. The SMILES string of the molecule is C=C(C)C[NH+]1CCN(c2c([N+](=O)[O-])c(=O)n(-c3ccccc3)c3ccccc23)CC1. The average Bonchev–Trinajstić information content (AvgIpc) is 2.73. The molecule has 0 radical (unpaired) electrons. The fourth-order valence-corrected chi connectivity index (χ4v) is 4.28. The van der Waals surface area contributed by atoms with Crippen LogP contribution in [-0.4, -0.2) is 42.2 Å². The van der Waals surface area contributed by atoms with Crippen LogP contribution in [0.25, 0.3) is 16.6 Å². The van der Waals surface area contributed by atoms with Crippen molar-refractivity contribution in [3.05, 3.63) is 87.2 Å². The van der Waals surface area contributed by atoms with E-state index >= 15 is 0 Å². The number of nitrogens with one attached hydrogen (secondary N) is 1. The number of anilines is 1. The van der Waals surface area contributed by atoms with Crippen molar-refractivity contribution in [2.75, 3.05) is 37.6 Å². The Morgan fingerprint density at radius 3 is 2.37 bits per heavy atom. The van der Waals surface area contributed by atoms with Gasteiger partial charge in [-0.25, -0.2) is 0 Å². The van der Waals surface area contributed by atoms with Crippen LogP contribution in [-0.2, 0) is 0 Å². The normalized spacial score (nSPS) is 14.8. The van der Waals surface area contributed by atoms with Crippen LogP contribution in [0.1, 0.15) is 6.92 Å². The Balaban J connectivity index is 1.89. The van der Waals surface area contributed by atoms with Gasteiger partial charge in [0.1, 0.15) is 5.69 Å². The zero-order valence-electron chi connectivity index (χ0n) is 17.0. The molecule has 1 aliphatic heterocycles. The largest absolute Gasteiger partial charge is 0.358 e. The zero-order chi connectivity index (χ0) is 21.3. The molecule has 1 aromatic heterocycles. The first kappa shape index (κ1) is 19.8. The number of pyridine rings is 1. The Morgan fingerprint density at radius 1 is 1.10 bits per heavy atom. The van der Waals surface area contributed by atoms with Crippen molar-refractivity contribution in [2.24, 2.45) is 0 Å². The second-order valence-electron chi connectivity index (χ2n) is 7.82. The van der Waals surface area contributed by atoms with Gasteiger partial charge in [0.05, 0.1) is 43.2 Å². The van der Waals surface area contributed by atoms with E-state index in [0.717, 1.165) is 30.6 Å². The highest BCUT2D eigenvalue weighted by molar-refractivity contribution is 5.97. The monoisotopic (exact) mass is 405 g/mol. The fourth-order valence-electron chi connectivity index (χ4n) is 4.28. The van der Waals surface area contributed by atoms with Crippen molar-refractivity contribution < 1.29 is 9.82 Å². The van der Waals surface area contributed by atoms with Gasteiger partial charge in [-0.2, -0.15) is 0 Å². The predicted molar refractivity (Wildman–Crippen MR) is 119 cm³/mol. The summed E-state index contributed by atoms with van der Waals surface area (Å²) < 4.78 is 1.44. The van der Waals surface area contributed by atoms with Crippen LogP contribution in [0, 0.1) is 10.1 Å². The second kappa shape index (κ2) is 8.12. The highest BCUT2D eigenvalue weighted by Crippen LogP contribution is 2.34. The van der Waals surface area contributed by atoms with Crippen molar-refractivity contribution in [1.82, 2.24) is 4.57 Å². The summed E-state index contributed by atoms with van der Waals surface area (Å²) in [6.07, 6.45) is 0. The number of rotatable bonds is 5. The molecular weight excluding hydrogens is 380 g/mol. The predicted octanol–water partition coefficient (Wildman–Crippen LogP) is 2.18. The van der Waals surface area contributed by atoms with E-state index in [2.05, 4.69) is 6.58 Å². The van der Waals surface area contributed by atoms with Crippen LogP contribution < -0.4 is 15.4 Å². The summed E-state index contributed by atoms with van der Waals surface area (Å²) in [4.78, 5) is 28.3. The van der Waals surface area contributed by atoms with E-state index in [9.17, 15) is 14.9 Å². The lowest BCUT2D eigenvalue weighted by Crippen LogP contribution is -3.15. The molecule has 30 heavy (non-hydrogen) atoms. The van der Waals surface area contributed by atoms with Crippen molar-refractivity contribution in [1.29, 1.82) is 0 Å². The van der Waals surface area contributed by atoms with Gasteiger partial charge in [-0.15, -0.1) is 0 Å². The Morgan fingerprint density at radius 2 is 1.73 bits per heavy atom. The third-order valence-corrected chi connectivity index (χ3v) is 5.57. The van der Waals surface area contributed by atoms with Gasteiger partial charge in [-0.3, -0.25) is 19.5 Å². The molecule has 2 heterocycles. The second-order valence-corrected chi connectivity index (χ2v) is 7.82. The first-order chi connectivity index (χ1) is 14.5. The number of hydrogen-bond acceptors (Lipinski definition) is 4. The molecule has 4 rings (SSSR count). The third kappa shape index (κ3) is 3.59. The van der Waals surface area contributed by atoms with E-state index in [-0.39, 0.29) is 5.69 Å². The molecule has 2 aromatic carbocycles. The summed E-state index contributed by atoms with van der Waals surface area (Å²) >= 11 is 0. The number of piperazine rings is 1. The van der Waals surface area contributed by atoms with Crippen molar-refractivity contribution in [3.63, 3.8) is 0 Å². The van der Waals surface area contributed by atoms with E-state index in [4.69, 9.17) is 0 Å². The Hall–Kier alpha value is -3.45. The maximum atomic E-state index is 13.4. The number of hydrogen-bond donors (Lipinski definition) is 1.